The van der Waals surface area contributed by atoms with E-state index in [4.69, 9.17) is 10.5 Å². The second-order valence-corrected chi connectivity index (χ2v) is 5.67. The molecule has 2 rings (SSSR count). The summed E-state index contributed by atoms with van der Waals surface area (Å²) in [5, 5.41) is 2.80. The van der Waals surface area contributed by atoms with Crippen molar-refractivity contribution in [2.75, 3.05) is 12.4 Å². The van der Waals surface area contributed by atoms with Crippen LogP contribution in [0.15, 0.2) is 46.9 Å². The summed E-state index contributed by atoms with van der Waals surface area (Å²) in [6.07, 6.45) is 0. The van der Waals surface area contributed by atoms with Gasteiger partial charge < -0.3 is 15.8 Å². The highest BCUT2D eigenvalue weighted by Gasteiger charge is 2.16. The van der Waals surface area contributed by atoms with Crippen LogP contribution in [0, 0.1) is 6.92 Å². The molecular weight excluding hydrogens is 332 g/mol. The summed E-state index contributed by atoms with van der Waals surface area (Å²) in [4.78, 5) is 12.2. The van der Waals surface area contributed by atoms with Crippen molar-refractivity contribution in [3.8, 4) is 5.75 Å². The molecule has 0 bridgehead atoms. The maximum Gasteiger partial charge on any atom is 0.245 e. The van der Waals surface area contributed by atoms with Gasteiger partial charge in [0.25, 0.3) is 0 Å². The molecule has 0 aromatic heterocycles. The molecule has 0 fully saturated rings. The monoisotopic (exact) mass is 348 g/mol. The first-order valence-electron chi connectivity index (χ1n) is 6.47. The van der Waals surface area contributed by atoms with Crippen LogP contribution >= 0.6 is 15.9 Å². The summed E-state index contributed by atoms with van der Waals surface area (Å²) < 4.78 is 5.98. The highest BCUT2D eigenvalue weighted by molar-refractivity contribution is 9.10. The molecule has 2 aromatic rings. The van der Waals surface area contributed by atoms with Crippen molar-refractivity contribution in [3.05, 3.63) is 58.1 Å². The van der Waals surface area contributed by atoms with Crippen molar-refractivity contribution in [2.24, 2.45) is 5.73 Å². The van der Waals surface area contributed by atoms with Crippen LogP contribution in [-0.2, 0) is 4.79 Å². The lowest BCUT2D eigenvalue weighted by molar-refractivity contribution is -0.117. The summed E-state index contributed by atoms with van der Waals surface area (Å²) >= 11 is 3.37. The van der Waals surface area contributed by atoms with Gasteiger partial charge in [0.15, 0.2) is 0 Å². The fraction of sp³-hybridized carbons (Fsp3) is 0.188. The highest BCUT2D eigenvalue weighted by atomic mass is 79.9. The van der Waals surface area contributed by atoms with Crippen LogP contribution in [-0.4, -0.2) is 13.0 Å². The van der Waals surface area contributed by atoms with E-state index in [1.165, 1.54) is 0 Å². The van der Waals surface area contributed by atoms with E-state index in [2.05, 4.69) is 21.2 Å². The highest BCUT2D eigenvalue weighted by Crippen LogP contribution is 2.25. The van der Waals surface area contributed by atoms with Gasteiger partial charge in [0.2, 0.25) is 5.91 Å². The smallest absolute Gasteiger partial charge is 0.245 e. The SMILES string of the molecule is COc1cc(Br)cc(NC(=O)C(N)c2ccc(C)cc2)c1. The lowest BCUT2D eigenvalue weighted by Gasteiger charge is -2.14. The predicted molar refractivity (Wildman–Crippen MR) is 87.4 cm³/mol. The molecule has 3 N–H and O–H groups in total. The zero-order valence-corrected chi connectivity index (χ0v) is 13.5. The van der Waals surface area contributed by atoms with Crippen molar-refractivity contribution >= 4 is 27.5 Å². The van der Waals surface area contributed by atoms with Crippen molar-refractivity contribution in [1.82, 2.24) is 0 Å². The largest absolute Gasteiger partial charge is 0.497 e. The van der Waals surface area contributed by atoms with E-state index in [1.807, 2.05) is 37.3 Å². The molecule has 21 heavy (non-hydrogen) atoms. The minimum Gasteiger partial charge on any atom is -0.497 e. The molecule has 2 aromatic carbocycles. The Kier molecular flexibility index (Phi) is 4.98. The van der Waals surface area contributed by atoms with Gasteiger partial charge >= 0.3 is 0 Å². The number of benzene rings is 2. The molecule has 0 aliphatic rings. The first-order valence-corrected chi connectivity index (χ1v) is 7.26. The van der Waals surface area contributed by atoms with Crippen LogP contribution in [0.1, 0.15) is 17.2 Å². The summed E-state index contributed by atoms with van der Waals surface area (Å²) in [5.41, 5.74) is 8.53. The number of anilines is 1. The molecule has 0 saturated carbocycles. The van der Waals surface area contributed by atoms with E-state index >= 15 is 0 Å². The average molecular weight is 349 g/mol. The number of rotatable bonds is 4. The fourth-order valence-corrected chi connectivity index (χ4v) is 2.37. The molecule has 5 heteroatoms. The quantitative estimate of drug-likeness (QED) is 0.889. The van der Waals surface area contributed by atoms with Gasteiger partial charge in [-0.05, 0) is 24.6 Å². The second-order valence-electron chi connectivity index (χ2n) is 4.76. The number of carbonyl (C=O) groups is 1. The van der Waals surface area contributed by atoms with Gasteiger partial charge in [0.1, 0.15) is 11.8 Å². The van der Waals surface area contributed by atoms with E-state index < -0.39 is 6.04 Å². The molecule has 4 nitrogen and oxygen atoms in total. The average Bonchev–Trinajstić information content (AvgIpc) is 2.46. The second kappa shape index (κ2) is 6.74. The van der Waals surface area contributed by atoms with Gasteiger partial charge in [-0.3, -0.25) is 4.79 Å². The Hall–Kier alpha value is -1.85. The van der Waals surface area contributed by atoms with Gasteiger partial charge in [-0.1, -0.05) is 45.8 Å². The number of aryl methyl sites for hydroxylation is 1. The first-order chi connectivity index (χ1) is 9.99. The number of hydrogen-bond donors (Lipinski definition) is 2. The fourth-order valence-electron chi connectivity index (χ4n) is 1.90. The summed E-state index contributed by atoms with van der Waals surface area (Å²) in [6.45, 7) is 1.99. The van der Waals surface area contributed by atoms with Gasteiger partial charge in [-0.25, -0.2) is 0 Å². The minimum absolute atomic E-state index is 0.265. The maximum absolute atomic E-state index is 12.2. The van der Waals surface area contributed by atoms with Crippen molar-refractivity contribution in [3.63, 3.8) is 0 Å². The van der Waals surface area contributed by atoms with Crippen LogP contribution in [0.5, 0.6) is 5.75 Å². The first kappa shape index (κ1) is 15.5. The Labute approximate surface area is 132 Å². The Bertz CT molecular complexity index is 641. The Morgan fingerprint density at radius 3 is 2.52 bits per heavy atom. The zero-order valence-electron chi connectivity index (χ0n) is 11.9. The number of halogens is 1. The van der Waals surface area contributed by atoms with E-state index in [9.17, 15) is 4.79 Å². The molecule has 0 saturated heterocycles. The molecule has 0 heterocycles. The Morgan fingerprint density at radius 1 is 1.24 bits per heavy atom. The van der Waals surface area contributed by atoms with Crippen molar-refractivity contribution < 1.29 is 9.53 Å². The molecule has 1 atom stereocenters. The van der Waals surface area contributed by atoms with Crippen LogP contribution in [0.2, 0.25) is 0 Å². The predicted octanol–water partition coefficient (Wildman–Crippen LogP) is 3.40. The summed E-state index contributed by atoms with van der Waals surface area (Å²) in [5.74, 6) is 0.391. The van der Waals surface area contributed by atoms with Gasteiger partial charge in [-0.15, -0.1) is 0 Å². The lowest BCUT2D eigenvalue weighted by atomic mass is 10.1. The van der Waals surface area contributed by atoms with Crippen LogP contribution in [0.25, 0.3) is 0 Å². The molecule has 0 spiro atoms. The minimum atomic E-state index is -0.712. The number of nitrogens with one attached hydrogen (secondary N) is 1. The van der Waals surface area contributed by atoms with Crippen LogP contribution in [0.3, 0.4) is 0 Å². The van der Waals surface area contributed by atoms with E-state index in [-0.39, 0.29) is 5.91 Å². The third kappa shape index (κ3) is 4.06. The maximum atomic E-state index is 12.2. The number of amides is 1. The normalized spacial score (nSPS) is 11.8. The molecular formula is C16H17BrN2O2. The topological polar surface area (TPSA) is 64.3 Å². The van der Waals surface area contributed by atoms with Crippen molar-refractivity contribution in [1.29, 1.82) is 0 Å². The summed E-state index contributed by atoms with van der Waals surface area (Å²) in [6, 6.07) is 12.2. The molecule has 1 unspecified atom stereocenters. The molecule has 0 radical (unpaired) electrons. The number of ether oxygens (including phenoxy) is 1. The van der Waals surface area contributed by atoms with Gasteiger partial charge in [0.05, 0.1) is 7.11 Å². The molecule has 110 valence electrons. The number of methoxy groups -OCH3 is 1. The molecule has 0 aliphatic heterocycles. The van der Waals surface area contributed by atoms with E-state index in [1.54, 1.807) is 19.2 Å². The standard InChI is InChI=1S/C16H17BrN2O2/c1-10-3-5-11(6-4-10)15(18)16(20)19-13-7-12(17)8-14(9-13)21-2/h3-9,15H,18H2,1-2H3,(H,19,20). The van der Waals surface area contributed by atoms with E-state index in [0.29, 0.717) is 11.4 Å². The zero-order chi connectivity index (χ0) is 15.4. The third-order valence-corrected chi connectivity index (χ3v) is 3.55. The van der Waals surface area contributed by atoms with E-state index in [0.717, 1.165) is 15.6 Å². The third-order valence-electron chi connectivity index (χ3n) is 3.09. The number of hydrogen-bond acceptors (Lipinski definition) is 3. The summed E-state index contributed by atoms with van der Waals surface area (Å²) in [7, 11) is 1.57. The number of nitrogens with two attached hydrogens (primary N) is 1. The lowest BCUT2D eigenvalue weighted by Crippen LogP contribution is -2.27. The molecule has 0 aliphatic carbocycles. The molecule has 1 amide bonds. The van der Waals surface area contributed by atoms with Crippen molar-refractivity contribution in [2.45, 2.75) is 13.0 Å². The van der Waals surface area contributed by atoms with Gasteiger partial charge in [-0.2, -0.15) is 0 Å². The Balaban J connectivity index is 2.13. The van der Waals surface area contributed by atoms with Crippen LogP contribution < -0.4 is 15.8 Å². The van der Waals surface area contributed by atoms with Crippen LogP contribution in [0.4, 0.5) is 5.69 Å². The van der Waals surface area contributed by atoms with Gasteiger partial charge in [0, 0.05) is 16.2 Å². The Morgan fingerprint density at radius 2 is 1.90 bits per heavy atom. The number of carbonyl (C=O) groups excluding carboxylic acids is 1.